The Labute approximate surface area is 182 Å². The molecule has 1 saturated heterocycles. The van der Waals surface area contributed by atoms with Crippen LogP contribution in [-0.2, 0) is 4.74 Å². The van der Waals surface area contributed by atoms with Gasteiger partial charge >= 0.3 is 0 Å². The lowest BCUT2D eigenvalue weighted by molar-refractivity contribution is 0.0398. The molecule has 3 aromatic heterocycles. The van der Waals surface area contributed by atoms with Crippen molar-refractivity contribution >= 4 is 28.6 Å². The fraction of sp³-hybridized carbons (Fsp3) is 0.545. The van der Waals surface area contributed by atoms with E-state index < -0.39 is 0 Å². The van der Waals surface area contributed by atoms with E-state index in [4.69, 9.17) is 19.7 Å². The van der Waals surface area contributed by atoms with Gasteiger partial charge in [0.2, 0.25) is 5.95 Å². The second kappa shape index (κ2) is 9.57. The van der Waals surface area contributed by atoms with E-state index >= 15 is 0 Å². The molecule has 1 aliphatic heterocycles. The topological polar surface area (TPSA) is 93.0 Å². The first-order valence-electron chi connectivity index (χ1n) is 11.3. The smallest absolute Gasteiger partial charge is 0.231 e. The van der Waals surface area contributed by atoms with Crippen molar-refractivity contribution in [1.82, 2.24) is 29.4 Å². The summed E-state index contributed by atoms with van der Waals surface area (Å²) < 4.78 is 7.70. The van der Waals surface area contributed by atoms with E-state index in [0.717, 1.165) is 62.1 Å². The Morgan fingerprint density at radius 2 is 1.84 bits per heavy atom. The van der Waals surface area contributed by atoms with Crippen LogP contribution in [-0.4, -0.2) is 68.8 Å². The molecule has 3 aromatic rings. The van der Waals surface area contributed by atoms with Gasteiger partial charge in [0.15, 0.2) is 17.0 Å². The molecule has 9 heteroatoms. The second-order valence-electron chi connectivity index (χ2n) is 8.25. The van der Waals surface area contributed by atoms with Gasteiger partial charge in [-0.1, -0.05) is 19.3 Å². The van der Waals surface area contributed by atoms with Gasteiger partial charge in [-0.2, -0.15) is 9.97 Å². The zero-order valence-corrected chi connectivity index (χ0v) is 17.8. The predicted molar refractivity (Wildman–Crippen MR) is 121 cm³/mol. The minimum atomic E-state index is 0.462. The first kappa shape index (κ1) is 20.1. The Hall–Kier alpha value is -2.78. The van der Waals surface area contributed by atoms with Crippen molar-refractivity contribution in [2.75, 3.05) is 50.0 Å². The summed E-state index contributed by atoms with van der Waals surface area (Å²) in [4.78, 5) is 20.8. The van der Waals surface area contributed by atoms with Gasteiger partial charge in [-0.05, 0) is 25.0 Å². The van der Waals surface area contributed by atoms with E-state index in [0.29, 0.717) is 12.0 Å². The summed E-state index contributed by atoms with van der Waals surface area (Å²) >= 11 is 0. The van der Waals surface area contributed by atoms with E-state index in [1.807, 2.05) is 18.5 Å². The number of anilines is 3. The lowest BCUT2D eigenvalue weighted by atomic mass is 9.95. The molecule has 164 valence electrons. The molecule has 2 aliphatic rings. The van der Waals surface area contributed by atoms with Gasteiger partial charge in [-0.25, -0.2) is 4.98 Å². The molecule has 9 nitrogen and oxygen atoms in total. The molecule has 0 unspecified atom stereocenters. The Morgan fingerprint density at radius 3 is 2.65 bits per heavy atom. The van der Waals surface area contributed by atoms with Gasteiger partial charge in [0, 0.05) is 50.3 Å². The summed E-state index contributed by atoms with van der Waals surface area (Å²) in [5, 5.41) is 6.84. The molecular formula is C22H30N8O. The number of aromatic nitrogens is 5. The molecule has 2 N–H and O–H groups in total. The molecule has 0 atom stereocenters. The number of fused-ring (bicyclic) bond motifs is 1. The highest BCUT2D eigenvalue weighted by atomic mass is 16.5. The summed E-state index contributed by atoms with van der Waals surface area (Å²) in [6.45, 7) is 5.33. The lowest BCUT2D eigenvalue weighted by Crippen LogP contribution is -2.39. The predicted octanol–water partition coefficient (Wildman–Crippen LogP) is 3.21. The number of ether oxygens (including phenoxy) is 1. The normalized spacial score (nSPS) is 18.3. The van der Waals surface area contributed by atoms with Crippen molar-refractivity contribution in [3.8, 4) is 0 Å². The standard InChI is InChI=1S/C22H30N8O/c1-2-4-18(5-3-1)30-16-25-19-20(24-10-11-29-12-14-31-15-13-29)27-22(28-21(19)30)26-17-6-8-23-9-7-17/h6-9,16,18H,1-5,10-15H2,(H2,23,24,26,27,28). The minimum Gasteiger partial charge on any atom is -0.379 e. The molecule has 1 saturated carbocycles. The number of rotatable bonds is 7. The van der Waals surface area contributed by atoms with Crippen molar-refractivity contribution in [3.63, 3.8) is 0 Å². The van der Waals surface area contributed by atoms with E-state index in [9.17, 15) is 0 Å². The maximum absolute atomic E-state index is 5.45. The quantitative estimate of drug-likeness (QED) is 0.600. The van der Waals surface area contributed by atoms with Crippen LogP contribution in [0.25, 0.3) is 11.2 Å². The largest absolute Gasteiger partial charge is 0.379 e. The van der Waals surface area contributed by atoms with Gasteiger partial charge in [0.05, 0.1) is 19.5 Å². The first-order valence-corrected chi connectivity index (χ1v) is 11.3. The monoisotopic (exact) mass is 422 g/mol. The maximum atomic E-state index is 5.45. The van der Waals surface area contributed by atoms with Crippen molar-refractivity contribution in [2.24, 2.45) is 0 Å². The van der Waals surface area contributed by atoms with E-state index in [1.165, 1.54) is 32.1 Å². The maximum Gasteiger partial charge on any atom is 0.231 e. The fourth-order valence-electron chi connectivity index (χ4n) is 4.44. The second-order valence-corrected chi connectivity index (χ2v) is 8.25. The molecular weight excluding hydrogens is 392 g/mol. The highest BCUT2D eigenvalue weighted by molar-refractivity contribution is 5.84. The SMILES string of the molecule is c1cc(Nc2nc(NCCN3CCOCC3)c3ncn(C4CCCCC4)c3n2)ccn1. The molecule has 0 amide bonds. The van der Waals surface area contributed by atoms with Crippen LogP contribution < -0.4 is 10.6 Å². The van der Waals surface area contributed by atoms with E-state index in [2.05, 4.69) is 25.1 Å². The van der Waals surface area contributed by atoms with Gasteiger partial charge in [0.1, 0.15) is 0 Å². The summed E-state index contributed by atoms with van der Waals surface area (Å²) in [6.07, 6.45) is 11.7. The Balaban J connectivity index is 1.41. The third-order valence-corrected chi connectivity index (χ3v) is 6.15. The summed E-state index contributed by atoms with van der Waals surface area (Å²) in [7, 11) is 0. The van der Waals surface area contributed by atoms with E-state index in [-0.39, 0.29) is 0 Å². The van der Waals surface area contributed by atoms with Crippen molar-refractivity contribution in [2.45, 2.75) is 38.1 Å². The number of imidazole rings is 1. The third kappa shape index (κ3) is 4.77. The number of pyridine rings is 1. The molecule has 0 radical (unpaired) electrons. The number of morpholine rings is 1. The Morgan fingerprint density at radius 1 is 1.03 bits per heavy atom. The Bertz CT molecular complexity index is 980. The number of hydrogen-bond acceptors (Lipinski definition) is 8. The van der Waals surface area contributed by atoms with Crippen LogP contribution in [0.15, 0.2) is 30.9 Å². The fourth-order valence-corrected chi connectivity index (χ4v) is 4.44. The van der Waals surface area contributed by atoms with Crippen LogP contribution in [0.1, 0.15) is 38.1 Å². The molecule has 0 aromatic carbocycles. The lowest BCUT2D eigenvalue weighted by Gasteiger charge is -2.26. The first-order chi connectivity index (χ1) is 15.4. The summed E-state index contributed by atoms with van der Waals surface area (Å²) in [5.41, 5.74) is 2.65. The van der Waals surface area contributed by atoms with Gasteiger partial charge in [0.25, 0.3) is 0 Å². The van der Waals surface area contributed by atoms with Crippen molar-refractivity contribution in [1.29, 1.82) is 0 Å². The van der Waals surface area contributed by atoms with Crippen molar-refractivity contribution < 1.29 is 4.74 Å². The van der Waals surface area contributed by atoms with E-state index in [1.54, 1.807) is 12.4 Å². The number of nitrogens with one attached hydrogen (secondary N) is 2. The zero-order valence-electron chi connectivity index (χ0n) is 17.8. The molecule has 0 bridgehead atoms. The Kier molecular flexibility index (Phi) is 6.22. The van der Waals surface area contributed by atoms with Gasteiger partial charge < -0.3 is 19.9 Å². The molecule has 31 heavy (non-hydrogen) atoms. The van der Waals surface area contributed by atoms with Crippen LogP contribution in [0.5, 0.6) is 0 Å². The third-order valence-electron chi connectivity index (χ3n) is 6.15. The molecule has 1 aliphatic carbocycles. The highest BCUT2D eigenvalue weighted by Crippen LogP contribution is 2.32. The number of nitrogens with zero attached hydrogens (tertiary/aromatic N) is 6. The average Bonchev–Trinajstić information content (AvgIpc) is 3.25. The average molecular weight is 423 g/mol. The van der Waals surface area contributed by atoms with Crippen molar-refractivity contribution in [3.05, 3.63) is 30.9 Å². The van der Waals surface area contributed by atoms with Gasteiger partial charge in [-0.15, -0.1) is 0 Å². The molecule has 4 heterocycles. The highest BCUT2D eigenvalue weighted by Gasteiger charge is 2.21. The van der Waals surface area contributed by atoms with Gasteiger partial charge in [-0.3, -0.25) is 9.88 Å². The molecule has 0 spiro atoms. The van der Waals surface area contributed by atoms with Crippen LogP contribution in [0, 0.1) is 0 Å². The van der Waals surface area contributed by atoms with Crippen LogP contribution in [0.4, 0.5) is 17.5 Å². The summed E-state index contributed by atoms with van der Waals surface area (Å²) in [6, 6.07) is 4.29. The molecule has 5 rings (SSSR count). The van der Waals surface area contributed by atoms with Crippen LogP contribution >= 0.6 is 0 Å². The van der Waals surface area contributed by atoms with Crippen LogP contribution in [0.2, 0.25) is 0 Å². The zero-order chi connectivity index (χ0) is 20.9. The molecule has 2 fully saturated rings. The minimum absolute atomic E-state index is 0.462. The van der Waals surface area contributed by atoms with Crippen LogP contribution in [0.3, 0.4) is 0 Å². The summed E-state index contributed by atoms with van der Waals surface area (Å²) in [5.74, 6) is 1.36. The number of hydrogen-bond donors (Lipinski definition) is 2.